The number of anilines is 1. The summed E-state index contributed by atoms with van der Waals surface area (Å²) in [5.74, 6) is 0.579. The maximum atomic E-state index is 9.77. The van der Waals surface area contributed by atoms with Crippen LogP contribution >= 0.6 is 0 Å². The first-order valence-corrected chi connectivity index (χ1v) is 6.18. The van der Waals surface area contributed by atoms with E-state index >= 15 is 0 Å². The average molecular weight is 219 g/mol. The molecule has 0 aliphatic carbocycles. The van der Waals surface area contributed by atoms with Gasteiger partial charge in [0.2, 0.25) is 0 Å². The van der Waals surface area contributed by atoms with Gasteiger partial charge < -0.3 is 10.0 Å². The first-order valence-electron chi connectivity index (χ1n) is 6.18. The normalized spacial score (nSPS) is 26.1. The second kappa shape index (κ2) is 4.88. The van der Waals surface area contributed by atoms with Crippen molar-refractivity contribution in [1.29, 1.82) is 0 Å². The lowest BCUT2D eigenvalue weighted by Gasteiger charge is -2.41. The molecule has 1 aromatic carbocycles. The van der Waals surface area contributed by atoms with Crippen molar-refractivity contribution in [1.82, 2.24) is 0 Å². The highest BCUT2D eigenvalue weighted by Gasteiger charge is 2.29. The largest absolute Gasteiger partial charge is 0.393 e. The Labute approximate surface area is 97.9 Å². The number of nitrogens with zero attached hydrogens (tertiary/aromatic N) is 1. The summed E-state index contributed by atoms with van der Waals surface area (Å²) in [5, 5.41) is 9.77. The van der Waals surface area contributed by atoms with Crippen molar-refractivity contribution in [3.8, 4) is 0 Å². The van der Waals surface area contributed by atoms with E-state index in [0.29, 0.717) is 12.0 Å². The lowest BCUT2D eigenvalue weighted by atomic mass is 9.90. The van der Waals surface area contributed by atoms with Crippen LogP contribution in [0.2, 0.25) is 0 Å². The third kappa shape index (κ3) is 2.38. The topological polar surface area (TPSA) is 23.5 Å². The molecular formula is C14H21NO. The highest BCUT2D eigenvalue weighted by Crippen LogP contribution is 2.28. The molecule has 2 atom stereocenters. The summed E-state index contributed by atoms with van der Waals surface area (Å²) in [5.41, 5.74) is 1.29. The quantitative estimate of drug-likeness (QED) is 0.826. The fourth-order valence-corrected chi connectivity index (χ4v) is 2.55. The number of piperidine rings is 1. The van der Waals surface area contributed by atoms with Crippen molar-refractivity contribution in [3.05, 3.63) is 30.3 Å². The Balaban J connectivity index is 2.19. The molecule has 0 saturated carbocycles. The van der Waals surface area contributed by atoms with Gasteiger partial charge in [-0.3, -0.25) is 0 Å². The van der Waals surface area contributed by atoms with E-state index in [2.05, 4.69) is 43.0 Å². The second-order valence-electron chi connectivity index (χ2n) is 5.02. The van der Waals surface area contributed by atoms with Crippen LogP contribution in [0.1, 0.15) is 26.7 Å². The number of hydrogen-bond donors (Lipinski definition) is 1. The fraction of sp³-hybridized carbons (Fsp3) is 0.571. The molecule has 1 aliphatic heterocycles. The number of hydrogen-bond acceptors (Lipinski definition) is 2. The smallest absolute Gasteiger partial charge is 0.0576 e. The Morgan fingerprint density at radius 2 is 1.94 bits per heavy atom. The van der Waals surface area contributed by atoms with Crippen molar-refractivity contribution in [2.75, 3.05) is 11.4 Å². The van der Waals surface area contributed by atoms with Crippen LogP contribution in [-0.2, 0) is 0 Å². The van der Waals surface area contributed by atoms with Crippen LogP contribution in [0.4, 0.5) is 5.69 Å². The van der Waals surface area contributed by atoms with Crippen molar-refractivity contribution in [3.63, 3.8) is 0 Å². The molecule has 0 aromatic heterocycles. The molecule has 0 unspecified atom stereocenters. The van der Waals surface area contributed by atoms with Gasteiger partial charge in [0, 0.05) is 18.3 Å². The third-order valence-corrected chi connectivity index (χ3v) is 3.47. The molecule has 0 bridgehead atoms. The Hall–Kier alpha value is -1.02. The zero-order chi connectivity index (χ0) is 11.5. The summed E-state index contributed by atoms with van der Waals surface area (Å²) in [7, 11) is 0. The van der Waals surface area contributed by atoms with Gasteiger partial charge in [0.15, 0.2) is 0 Å². The van der Waals surface area contributed by atoms with Crippen LogP contribution in [0.3, 0.4) is 0 Å². The fourth-order valence-electron chi connectivity index (χ4n) is 2.55. The van der Waals surface area contributed by atoms with Gasteiger partial charge in [0.1, 0.15) is 0 Å². The van der Waals surface area contributed by atoms with Crippen molar-refractivity contribution in [2.45, 2.75) is 38.8 Å². The minimum Gasteiger partial charge on any atom is -0.393 e. The number of benzene rings is 1. The summed E-state index contributed by atoms with van der Waals surface area (Å²) >= 11 is 0. The number of aliphatic hydroxyl groups is 1. The number of aliphatic hydroxyl groups excluding tert-OH is 1. The molecule has 16 heavy (non-hydrogen) atoms. The molecule has 1 N–H and O–H groups in total. The van der Waals surface area contributed by atoms with Gasteiger partial charge in [-0.25, -0.2) is 0 Å². The monoisotopic (exact) mass is 219 g/mol. The predicted molar refractivity (Wildman–Crippen MR) is 67.7 cm³/mol. The maximum Gasteiger partial charge on any atom is 0.0576 e. The van der Waals surface area contributed by atoms with Crippen LogP contribution in [0.25, 0.3) is 0 Å². The standard InChI is InChI=1S/C14H21NO/c1-11(2)14-10-13(16)8-9-15(14)12-6-4-3-5-7-12/h3-7,11,13-14,16H,8-10H2,1-2H3/t13-,14+/m0/s1. The Kier molecular flexibility index (Phi) is 3.49. The molecule has 2 rings (SSSR count). The predicted octanol–water partition coefficient (Wildman–Crippen LogP) is 2.67. The molecule has 88 valence electrons. The molecule has 2 heteroatoms. The van der Waals surface area contributed by atoms with Crippen LogP contribution < -0.4 is 4.90 Å². The van der Waals surface area contributed by atoms with E-state index in [0.717, 1.165) is 19.4 Å². The lowest BCUT2D eigenvalue weighted by molar-refractivity contribution is 0.118. The van der Waals surface area contributed by atoms with Crippen LogP contribution in [0, 0.1) is 5.92 Å². The zero-order valence-electron chi connectivity index (χ0n) is 10.1. The molecular weight excluding hydrogens is 198 g/mol. The minimum absolute atomic E-state index is 0.118. The summed E-state index contributed by atoms with van der Waals surface area (Å²) in [6, 6.07) is 11.0. The molecule has 1 aromatic rings. The second-order valence-corrected chi connectivity index (χ2v) is 5.02. The molecule has 1 aliphatic rings. The van der Waals surface area contributed by atoms with E-state index in [1.165, 1.54) is 5.69 Å². The van der Waals surface area contributed by atoms with E-state index in [-0.39, 0.29) is 6.10 Å². The highest BCUT2D eigenvalue weighted by atomic mass is 16.3. The molecule has 1 heterocycles. The Morgan fingerprint density at radius 1 is 1.25 bits per heavy atom. The van der Waals surface area contributed by atoms with Gasteiger partial charge in [-0.15, -0.1) is 0 Å². The zero-order valence-corrected chi connectivity index (χ0v) is 10.1. The van der Waals surface area contributed by atoms with Gasteiger partial charge in [0.25, 0.3) is 0 Å². The van der Waals surface area contributed by atoms with E-state index in [4.69, 9.17) is 0 Å². The third-order valence-electron chi connectivity index (χ3n) is 3.47. The molecule has 1 fully saturated rings. The summed E-state index contributed by atoms with van der Waals surface area (Å²) < 4.78 is 0. The first-order chi connectivity index (χ1) is 7.68. The van der Waals surface area contributed by atoms with Gasteiger partial charge >= 0.3 is 0 Å². The Morgan fingerprint density at radius 3 is 2.56 bits per heavy atom. The van der Waals surface area contributed by atoms with E-state index in [1.54, 1.807) is 0 Å². The van der Waals surface area contributed by atoms with Crippen LogP contribution in [-0.4, -0.2) is 23.8 Å². The number of para-hydroxylation sites is 1. The van der Waals surface area contributed by atoms with E-state index in [9.17, 15) is 5.11 Å². The summed E-state index contributed by atoms with van der Waals surface area (Å²) in [4.78, 5) is 2.44. The summed E-state index contributed by atoms with van der Waals surface area (Å²) in [6.07, 6.45) is 1.66. The molecule has 0 spiro atoms. The SMILES string of the molecule is CC(C)[C@H]1C[C@@H](O)CCN1c1ccccc1. The van der Waals surface area contributed by atoms with E-state index in [1.807, 2.05) is 6.07 Å². The number of rotatable bonds is 2. The van der Waals surface area contributed by atoms with Gasteiger partial charge in [-0.1, -0.05) is 32.0 Å². The van der Waals surface area contributed by atoms with Crippen molar-refractivity contribution < 1.29 is 5.11 Å². The summed E-state index contributed by atoms with van der Waals surface area (Å²) in [6.45, 7) is 5.44. The van der Waals surface area contributed by atoms with Crippen molar-refractivity contribution >= 4 is 5.69 Å². The van der Waals surface area contributed by atoms with Gasteiger partial charge in [0.05, 0.1) is 6.10 Å². The maximum absolute atomic E-state index is 9.77. The highest BCUT2D eigenvalue weighted by molar-refractivity contribution is 5.47. The van der Waals surface area contributed by atoms with Gasteiger partial charge in [-0.2, -0.15) is 0 Å². The lowest BCUT2D eigenvalue weighted by Crippen LogP contribution is -2.47. The minimum atomic E-state index is -0.118. The first kappa shape index (κ1) is 11.5. The van der Waals surface area contributed by atoms with Crippen molar-refractivity contribution in [2.24, 2.45) is 5.92 Å². The Bertz CT molecular complexity index is 323. The van der Waals surface area contributed by atoms with Crippen LogP contribution in [0.15, 0.2) is 30.3 Å². The van der Waals surface area contributed by atoms with E-state index < -0.39 is 0 Å². The molecule has 1 saturated heterocycles. The molecule has 0 amide bonds. The van der Waals surface area contributed by atoms with Crippen LogP contribution in [0.5, 0.6) is 0 Å². The van der Waals surface area contributed by atoms with Gasteiger partial charge in [-0.05, 0) is 30.9 Å². The molecule has 2 nitrogen and oxygen atoms in total. The molecule has 0 radical (unpaired) electrons. The average Bonchev–Trinajstić information content (AvgIpc) is 2.30.